The lowest BCUT2D eigenvalue weighted by atomic mass is 10.1. The zero-order chi connectivity index (χ0) is 17.1. The molecule has 7 heteroatoms. The largest absolute Gasteiger partial charge is 0.350 e. The van der Waals surface area contributed by atoms with E-state index >= 15 is 0 Å². The number of carbonyl (C=O) groups is 1. The van der Waals surface area contributed by atoms with Gasteiger partial charge in [-0.2, -0.15) is 0 Å². The van der Waals surface area contributed by atoms with E-state index in [2.05, 4.69) is 16.3 Å². The van der Waals surface area contributed by atoms with Crippen molar-refractivity contribution >= 4 is 40.4 Å². The standard InChI is InChI=1S/C17H17Cl2FN2OS/c18-12-9-13(19)14(20)8-11(12)17(23)21-10-15(16-4-3-7-24-16)22-5-1-2-6-22/h3-4,7-9,15H,1-2,5-6,10H2,(H,21,23). The van der Waals surface area contributed by atoms with Crippen LogP contribution < -0.4 is 5.32 Å². The Balaban J connectivity index is 1.72. The minimum atomic E-state index is -0.652. The Labute approximate surface area is 154 Å². The van der Waals surface area contributed by atoms with E-state index in [1.165, 1.54) is 23.8 Å². The second-order valence-electron chi connectivity index (χ2n) is 5.73. The van der Waals surface area contributed by atoms with E-state index in [9.17, 15) is 9.18 Å². The summed E-state index contributed by atoms with van der Waals surface area (Å²) in [5, 5.41) is 4.97. The van der Waals surface area contributed by atoms with Crippen LogP contribution in [-0.4, -0.2) is 30.4 Å². The first-order chi connectivity index (χ1) is 11.6. The summed E-state index contributed by atoms with van der Waals surface area (Å²) in [4.78, 5) is 16.0. The number of halogens is 3. The second-order valence-corrected chi connectivity index (χ2v) is 7.52. The lowest BCUT2D eigenvalue weighted by Crippen LogP contribution is -2.36. The molecule has 1 saturated heterocycles. The maximum absolute atomic E-state index is 13.6. The summed E-state index contributed by atoms with van der Waals surface area (Å²) in [6, 6.07) is 6.55. The summed E-state index contributed by atoms with van der Waals surface area (Å²) in [6.45, 7) is 2.50. The van der Waals surface area contributed by atoms with Crippen molar-refractivity contribution in [3.05, 3.63) is 55.9 Å². The summed E-state index contributed by atoms with van der Waals surface area (Å²) in [6.07, 6.45) is 2.34. The molecular weight excluding hydrogens is 370 g/mol. The predicted molar refractivity (Wildman–Crippen MR) is 96.6 cm³/mol. The van der Waals surface area contributed by atoms with E-state index in [1.807, 2.05) is 11.4 Å². The van der Waals surface area contributed by atoms with Gasteiger partial charge in [0.25, 0.3) is 5.91 Å². The first kappa shape index (κ1) is 17.7. The smallest absolute Gasteiger partial charge is 0.252 e. The maximum Gasteiger partial charge on any atom is 0.252 e. The van der Waals surface area contributed by atoms with Crippen LogP contribution in [0.5, 0.6) is 0 Å². The van der Waals surface area contributed by atoms with Gasteiger partial charge >= 0.3 is 0 Å². The number of rotatable bonds is 5. The van der Waals surface area contributed by atoms with E-state index in [-0.39, 0.29) is 21.7 Å². The van der Waals surface area contributed by atoms with Crippen LogP contribution >= 0.6 is 34.5 Å². The highest BCUT2D eigenvalue weighted by molar-refractivity contribution is 7.10. The molecule has 0 spiro atoms. The van der Waals surface area contributed by atoms with Gasteiger partial charge in [-0.1, -0.05) is 29.3 Å². The SMILES string of the molecule is O=C(NCC(c1cccs1)N1CCCC1)c1cc(F)c(Cl)cc1Cl. The van der Waals surface area contributed by atoms with Crippen molar-refractivity contribution in [2.24, 2.45) is 0 Å². The fourth-order valence-electron chi connectivity index (χ4n) is 2.92. The van der Waals surface area contributed by atoms with Crippen LogP contribution in [0.2, 0.25) is 10.0 Å². The van der Waals surface area contributed by atoms with Crippen molar-refractivity contribution in [2.45, 2.75) is 18.9 Å². The fraction of sp³-hybridized carbons (Fsp3) is 0.353. The summed E-state index contributed by atoms with van der Waals surface area (Å²) >= 11 is 13.4. The van der Waals surface area contributed by atoms with Gasteiger partial charge in [-0.15, -0.1) is 11.3 Å². The highest BCUT2D eigenvalue weighted by atomic mass is 35.5. The van der Waals surface area contributed by atoms with E-state index < -0.39 is 11.7 Å². The van der Waals surface area contributed by atoms with Crippen LogP contribution in [0.1, 0.15) is 34.1 Å². The Morgan fingerprint density at radius 2 is 2.04 bits per heavy atom. The third-order valence-electron chi connectivity index (χ3n) is 4.16. The van der Waals surface area contributed by atoms with Crippen LogP contribution in [0, 0.1) is 5.82 Å². The number of benzene rings is 1. The predicted octanol–water partition coefficient (Wildman–Crippen LogP) is 4.76. The quantitative estimate of drug-likeness (QED) is 0.751. The number of amides is 1. The van der Waals surface area contributed by atoms with Gasteiger partial charge in [0.05, 0.1) is 21.7 Å². The lowest BCUT2D eigenvalue weighted by molar-refractivity contribution is 0.0938. The van der Waals surface area contributed by atoms with E-state index in [0.717, 1.165) is 19.2 Å². The van der Waals surface area contributed by atoms with Crippen LogP contribution in [0.25, 0.3) is 0 Å². The highest BCUT2D eigenvalue weighted by Crippen LogP contribution is 2.28. The molecule has 1 aromatic heterocycles. The third-order valence-corrected chi connectivity index (χ3v) is 5.74. The number of hydrogen-bond donors (Lipinski definition) is 1. The van der Waals surface area contributed by atoms with Gasteiger partial charge in [0.1, 0.15) is 5.82 Å². The Morgan fingerprint density at radius 3 is 2.71 bits per heavy atom. The Kier molecular flexibility index (Phi) is 5.76. The van der Waals surface area contributed by atoms with Crippen molar-refractivity contribution in [1.82, 2.24) is 10.2 Å². The first-order valence-corrected chi connectivity index (χ1v) is 9.40. The molecule has 1 atom stereocenters. The van der Waals surface area contributed by atoms with Crippen LogP contribution in [0.15, 0.2) is 29.6 Å². The van der Waals surface area contributed by atoms with Gasteiger partial charge in [0, 0.05) is 11.4 Å². The van der Waals surface area contributed by atoms with E-state index in [4.69, 9.17) is 23.2 Å². The summed E-state index contributed by atoms with van der Waals surface area (Å²) in [5.41, 5.74) is 0.102. The second kappa shape index (κ2) is 7.83. The number of hydrogen-bond acceptors (Lipinski definition) is 3. The first-order valence-electron chi connectivity index (χ1n) is 7.76. The molecule has 0 saturated carbocycles. The lowest BCUT2D eigenvalue weighted by Gasteiger charge is -2.27. The summed E-state index contributed by atoms with van der Waals surface area (Å²) in [7, 11) is 0. The Morgan fingerprint density at radius 1 is 1.29 bits per heavy atom. The summed E-state index contributed by atoms with van der Waals surface area (Å²) < 4.78 is 13.6. The van der Waals surface area contributed by atoms with Gasteiger partial charge in [-0.05, 0) is 49.5 Å². The van der Waals surface area contributed by atoms with Crippen molar-refractivity contribution in [2.75, 3.05) is 19.6 Å². The number of thiophene rings is 1. The van der Waals surface area contributed by atoms with Crippen LogP contribution in [0.3, 0.4) is 0 Å². The average Bonchev–Trinajstić information content (AvgIpc) is 3.25. The molecule has 1 amide bonds. The monoisotopic (exact) mass is 386 g/mol. The van der Waals surface area contributed by atoms with Gasteiger partial charge in [0.15, 0.2) is 0 Å². The van der Waals surface area contributed by atoms with Gasteiger partial charge in [0.2, 0.25) is 0 Å². The number of likely N-dealkylation sites (tertiary alicyclic amines) is 1. The molecule has 0 radical (unpaired) electrons. The van der Waals surface area contributed by atoms with Crippen LogP contribution in [-0.2, 0) is 0 Å². The molecular formula is C17H17Cl2FN2OS. The van der Waals surface area contributed by atoms with Gasteiger partial charge < -0.3 is 5.32 Å². The Bertz CT molecular complexity index is 718. The molecule has 1 unspecified atom stereocenters. The third kappa shape index (κ3) is 3.91. The van der Waals surface area contributed by atoms with Crippen molar-refractivity contribution < 1.29 is 9.18 Å². The molecule has 0 aliphatic carbocycles. The minimum absolute atomic E-state index is 0.0925. The molecule has 3 rings (SSSR count). The van der Waals surface area contributed by atoms with Crippen molar-refractivity contribution in [3.8, 4) is 0 Å². The molecule has 24 heavy (non-hydrogen) atoms. The molecule has 1 N–H and O–H groups in total. The van der Waals surface area contributed by atoms with Gasteiger partial charge in [-0.3, -0.25) is 9.69 Å². The zero-order valence-corrected chi connectivity index (χ0v) is 15.2. The number of nitrogens with zero attached hydrogens (tertiary/aromatic N) is 1. The van der Waals surface area contributed by atoms with E-state index in [0.29, 0.717) is 6.54 Å². The van der Waals surface area contributed by atoms with Crippen molar-refractivity contribution in [1.29, 1.82) is 0 Å². The molecule has 3 nitrogen and oxygen atoms in total. The molecule has 1 aliphatic heterocycles. The minimum Gasteiger partial charge on any atom is -0.350 e. The van der Waals surface area contributed by atoms with E-state index in [1.54, 1.807) is 11.3 Å². The molecule has 128 valence electrons. The topological polar surface area (TPSA) is 32.3 Å². The molecule has 1 fully saturated rings. The maximum atomic E-state index is 13.6. The molecule has 2 aromatic rings. The molecule has 2 heterocycles. The molecule has 0 bridgehead atoms. The molecule has 1 aromatic carbocycles. The average molecular weight is 387 g/mol. The number of nitrogens with one attached hydrogen (secondary N) is 1. The fourth-order valence-corrected chi connectivity index (χ4v) is 4.25. The normalized spacial score (nSPS) is 16.3. The van der Waals surface area contributed by atoms with Crippen molar-refractivity contribution in [3.63, 3.8) is 0 Å². The van der Waals surface area contributed by atoms with Gasteiger partial charge in [-0.25, -0.2) is 4.39 Å². The summed E-state index contributed by atoms with van der Waals surface area (Å²) in [5.74, 6) is -1.04. The zero-order valence-electron chi connectivity index (χ0n) is 12.9. The number of carbonyl (C=O) groups excluding carboxylic acids is 1. The Hall–Kier alpha value is -1.14. The molecule has 1 aliphatic rings. The van der Waals surface area contributed by atoms with Crippen LogP contribution in [0.4, 0.5) is 4.39 Å². The highest BCUT2D eigenvalue weighted by Gasteiger charge is 2.25.